The molecule has 2 aromatic heterocycles. The number of anilines is 4. The quantitative estimate of drug-likeness (QED) is 0.163. The van der Waals surface area contributed by atoms with Crippen molar-refractivity contribution < 1.29 is 9.53 Å². The van der Waals surface area contributed by atoms with E-state index in [4.69, 9.17) is 15.5 Å². The molecule has 9 heteroatoms. The van der Waals surface area contributed by atoms with Gasteiger partial charge in [-0.05, 0) is 97.6 Å². The lowest BCUT2D eigenvalue weighted by Gasteiger charge is -2.17. The number of amides is 1. The Bertz CT molecular complexity index is 1720. The molecule has 202 valence electrons. The molecular formula is C31H29BrN6O2. The first-order valence-corrected chi connectivity index (χ1v) is 13.6. The van der Waals surface area contributed by atoms with Crippen LogP contribution in [0.15, 0.2) is 77.5 Å². The molecule has 5 rings (SSSR count). The molecule has 0 fully saturated rings. The number of carbonyl (C=O) groups excluding carboxylic acids is 1. The highest BCUT2D eigenvalue weighted by Crippen LogP contribution is 2.37. The van der Waals surface area contributed by atoms with Crippen molar-refractivity contribution in [1.82, 2.24) is 15.0 Å². The molecule has 0 spiro atoms. The Morgan fingerprint density at radius 1 is 0.925 bits per heavy atom. The number of aromatic nitrogens is 3. The third-order valence-electron chi connectivity index (χ3n) is 6.71. The Morgan fingerprint density at radius 2 is 1.68 bits per heavy atom. The lowest BCUT2D eigenvalue weighted by atomic mass is 10.1. The van der Waals surface area contributed by atoms with Gasteiger partial charge in [-0.1, -0.05) is 29.8 Å². The van der Waals surface area contributed by atoms with Gasteiger partial charge in [-0.3, -0.25) is 4.79 Å². The molecule has 5 aromatic rings. The number of carbonyl (C=O) groups is 1. The second-order valence-electron chi connectivity index (χ2n) is 9.79. The minimum atomic E-state index is -0.257. The molecule has 0 aliphatic carbocycles. The predicted octanol–water partition coefficient (Wildman–Crippen LogP) is 7.90. The van der Waals surface area contributed by atoms with Crippen molar-refractivity contribution in [3.05, 3.63) is 99.9 Å². The maximum Gasteiger partial charge on any atom is 0.255 e. The van der Waals surface area contributed by atoms with Gasteiger partial charge in [-0.25, -0.2) is 15.0 Å². The van der Waals surface area contributed by atoms with E-state index in [-0.39, 0.29) is 11.8 Å². The van der Waals surface area contributed by atoms with E-state index < -0.39 is 0 Å². The number of nitrogens with two attached hydrogens (primary N) is 1. The van der Waals surface area contributed by atoms with Gasteiger partial charge in [0, 0.05) is 27.1 Å². The van der Waals surface area contributed by atoms with Gasteiger partial charge in [0.1, 0.15) is 17.9 Å². The highest BCUT2D eigenvalue weighted by Gasteiger charge is 2.16. The van der Waals surface area contributed by atoms with Crippen molar-refractivity contribution in [3.8, 4) is 11.5 Å². The van der Waals surface area contributed by atoms with Gasteiger partial charge in [0.25, 0.3) is 5.91 Å². The molecule has 0 aliphatic heterocycles. The monoisotopic (exact) mass is 596 g/mol. The Labute approximate surface area is 241 Å². The van der Waals surface area contributed by atoms with Gasteiger partial charge in [-0.2, -0.15) is 0 Å². The van der Waals surface area contributed by atoms with E-state index in [0.29, 0.717) is 45.6 Å². The number of nitrogens with one attached hydrogen (secondary N) is 2. The summed E-state index contributed by atoms with van der Waals surface area (Å²) in [5.74, 6) is 1.74. The van der Waals surface area contributed by atoms with E-state index in [1.54, 1.807) is 18.2 Å². The fraction of sp³-hybridized carbons (Fsp3) is 0.161. The third kappa shape index (κ3) is 5.74. The third-order valence-corrected chi connectivity index (χ3v) is 7.24. The molecule has 0 aliphatic rings. The number of fused-ring (bicyclic) bond motifs is 1. The summed E-state index contributed by atoms with van der Waals surface area (Å²) in [7, 11) is 0. The van der Waals surface area contributed by atoms with Gasteiger partial charge < -0.3 is 21.1 Å². The summed E-state index contributed by atoms with van der Waals surface area (Å²) in [4.78, 5) is 26.7. The summed E-state index contributed by atoms with van der Waals surface area (Å²) >= 11 is 3.42. The predicted molar refractivity (Wildman–Crippen MR) is 164 cm³/mol. The van der Waals surface area contributed by atoms with Crippen molar-refractivity contribution in [1.29, 1.82) is 0 Å². The zero-order valence-corrected chi connectivity index (χ0v) is 24.2. The zero-order chi connectivity index (χ0) is 28.4. The first-order valence-electron chi connectivity index (χ1n) is 12.8. The molecule has 4 N–H and O–H groups in total. The number of nitrogen functional groups attached to an aromatic ring is 1. The van der Waals surface area contributed by atoms with Crippen LogP contribution in [0.25, 0.3) is 11.0 Å². The van der Waals surface area contributed by atoms with Crippen LogP contribution in [0.5, 0.6) is 11.5 Å². The number of pyridine rings is 1. The number of ether oxygens (including phenoxy) is 1. The topological polar surface area (TPSA) is 115 Å². The Hall–Kier alpha value is -4.50. The van der Waals surface area contributed by atoms with Crippen LogP contribution in [-0.4, -0.2) is 20.9 Å². The second kappa shape index (κ2) is 11.3. The van der Waals surface area contributed by atoms with Crippen molar-refractivity contribution in [2.24, 2.45) is 0 Å². The maximum absolute atomic E-state index is 13.2. The lowest BCUT2D eigenvalue weighted by Crippen LogP contribution is -2.12. The summed E-state index contributed by atoms with van der Waals surface area (Å²) < 4.78 is 7.29. The average Bonchev–Trinajstić information content (AvgIpc) is 2.95. The molecule has 40 heavy (non-hydrogen) atoms. The van der Waals surface area contributed by atoms with Gasteiger partial charge in [0.05, 0.1) is 11.1 Å². The molecule has 1 amide bonds. The first-order chi connectivity index (χ1) is 19.2. The minimum Gasteiger partial charge on any atom is -0.455 e. The van der Waals surface area contributed by atoms with E-state index in [0.717, 1.165) is 26.7 Å². The molecule has 0 saturated carbocycles. The van der Waals surface area contributed by atoms with Crippen molar-refractivity contribution >= 4 is 55.8 Å². The van der Waals surface area contributed by atoms with Crippen LogP contribution in [-0.2, 0) is 0 Å². The summed E-state index contributed by atoms with van der Waals surface area (Å²) in [6.45, 7) is 8.09. The zero-order valence-electron chi connectivity index (χ0n) is 22.6. The molecule has 0 radical (unpaired) electrons. The van der Waals surface area contributed by atoms with E-state index in [1.807, 2.05) is 62.4 Å². The number of rotatable bonds is 7. The van der Waals surface area contributed by atoms with Crippen LogP contribution in [0.1, 0.15) is 46.9 Å². The van der Waals surface area contributed by atoms with Crippen molar-refractivity contribution in [3.63, 3.8) is 0 Å². The molecule has 0 atom stereocenters. The lowest BCUT2D eigenvalue weighted by molar-refractivity contribution is 0.102. The van der Waals surface area contributed by atoms with Crippen LogP contribution in [0, 0.1) is 13.8 Å². The molecule has 8 nitrogen and oxygen atoms in total. The van der Waals surface area contributed by atoms with Crippen LogP contribution >= 0.6 is 15.9 Å². The van der Waals surface area contributed by atoms with E-state index in [9.17, 15) is 4.79 Å². The fourth-order valence-electron chi connectivity index (χ4n) is 4.15. The number of nitrogens with zero attached hydrogens (tertiary/aromatic N) is 3. The molecule has 3 aromatic carbocycles. The van der Waals surface area contributed by atoms with Gasteiger partial charge in [-0.15, -0.1) is 0 Å². The SMILES string of the molecule is Cc1c(N)ccc(Oc2ccc(C(=O)Nc3ccc(Br)cc3)cc2Nc2ncnc3nc(C(C)C)ccc23)c1C. The highest BCUT2D eigenvalue weighted by atomic mass is 79.9. The van der Waals surface area contributed by atoms with Crippen LogP contribution in [0.4, 0.5) is 22.9 Å². The maximum atomic E-state index is 13.2. The number of hydrogen-bond donors (Lipinski definition) is 3. The molecular weight excluding hydrogens is 568 g/mol. The smallest absolute Gasteiger partial charge is 0.255 e. The molecule has 2 heterocycles. The highest BCUT2D eigenvalue weighted by molar-refractivity contribution is 9.10. The number of hydrogen-bond acceptors (Lipinski definition) is 7. The van der Waals surface area contributed by atoms with Gasteiger partial charge in [0.2, 0.25) is 0 Å². The van der Waals surface area contributed by atoms with Gasteiger partial charge in [0.15, 0.2) is 11.4 Å². The van der Waals surface area contributed by atoms with Crippen molar-refractivity contribution in [2.45, 2.75) is 33.6 Å². The van der Waals surface area contributed by atoms with E-state index in [1.165, 1.54) is 6.33 Å². The standard InChI is InChI=1S/C31H29BrN6O2/c1-17(2)25-12-10-23-29(37-25)34-16-35-30(23)38-26-15-20(31(39)36-22-8-6-21(32)7-9-22)5-13-28(26)40-27-14-11-24(33)18(3)19(27)4/h5-17H,33H2,1-4H3,(H,36,39)(H,34,35,37,38). The van der Waals surface area contributed by atoms with Gasteiger partial charge >= 0.3 is 0 Å². The molecule has 0 unspecified atom stereocenters. The van der Waals surface area contributed by atoms with E-state index >= 15 is 0 Å². The Morgan fingerprint density at radius 3 is 2.42 bits per heavy atom. The van der Waals surface area contributed by atoms with E-state index in [2.05, 4.69) is 50.4 Å². The van der Waals surface area contributed by atoms with Crippen LogP contribution in [0.3, 0.4) is 0 Å². The van der Waals surface area contributed by atoms with Crippen LogP contribution in [0.2, 0.25) is 0 Å². The Kier molecular flexibility index (Phi) is 7.66. The normalized spacial score (nSPS) is 11.1. The summed E-state index contributed by atoms with van der Waals surface area (Å²) in [6, 6.07) is 20.2. The number of benzene rings is 3. The fourth-order valence-corrected chi connectivity index (χ4v) is 4.41. The largest absolute Gasteiger partial charge is 0.455 e. The van der Waals surface area contributed by atoms with Crippen molar-refractivity contribution in [2.75, 3.05) is 16.4 Å². The Balaban J connectivity index is 1.54. The average molecular weight is 598 g/mol. The number of halogens is 1. The first kappa shape index (κ1) is 27.1. The molecule has 0 bridgehead atoms. The summed E-state index contributed by atoms with van der Waals surface area (Å²) in [5, 5.41) is 7.06. The molecule has 0 saturated heterocycles. The van der Waals surface area contributed by atoms with Crippen LogP contribution < -0.4 is 21.1 Å². The summed E-state index contributed by atoms with van der Waals surface area (Å²) in [5.41, 5.74) is 11.9. The second-order valence-corrected chi connectivity index (χ2v) is 10.7. The minimum absolute atomic E-state index is 0.257. The summed E-state index contributed by atoms with van der Waals surface area (Å²) in [6.07, 6.45) is 1.47.